The van der Waals surface area contributed by atoms with Crippen molar-refractivity contribution >= 4 is 29.0 Å². The molecule has 2 aromatic rings. The van der Waals surface area contributed by atoms with Gasteiger partial charge >= 0.3 is 0 Å². The maximum absolute atomic E-state index is 13.0. The van der Waals surface area contributed by atoms with E-state index in [1.165, 1.54) is 48.1 Å². The summed E-state index contributed by atoms with van der Waals surface area (Å²) in [6.07, 6.45) is 4.05. The highest BCUT2D eigenvalue weighted by atomic mass is 32.2. The fourth-order valence-corrected chi connectivity index (χ4v) is 5.64. The maximum Gasteiger partial charge on any atom is 0.280 e. The third kappa shape index (κ3) is 3.59. The average Bonchev–Trinajstić information content (AvgIpc) is 3.09. The number of benzene rings is 1. The van der Waals surface area contributed by atoms with Gasteiger partial charge in [-0.25, -0.2) is 9.37 Å². The van der Waals surface area contributed by atoms with Crippen LogP contribution in [-0.2, 0) is 0 Å². The number of halogens is 1. The first-order valence-electron chi connectivity index (χ1n) is 8.54. The molecule has 0 aliphatic carbocycles. The van der Waals surface area contributed by atoms with Crippen LogP contribution >= 0.6 is 23.1 Å². The molecule has 3 aliphatic heterocycles. The SMILES string of the molecule is C[C@H]1[C@H](NC(=O)c2ncc(Sc3ccc(F)cc3)s2)C2CCN1CC2. The van der Waals surface area contributed by atoms with Crippen molar-refractivity contribution in [2.75, 3.05) is 13.1 Å². The van der Waals surface area contributed by atoms with Gasteiger partial charge in [-0.2, -0.15) is 0 Å². The fourth-order valence-electron chi connectivity index (χ4n) is 3.79. The zero-order chi connectivity index (χ0) is 17.4. The van der Waals surface area contributed by atoms with Crippen LogP contribution in [0.1, 0.15) is 29.6 Å². The molecule has 2 bridgehead atoms. The van der Waals surface area contributed by atoms with E-state index in [2.05, 4.69) is 22.1 Å². The Morgan fingerprint density at radius 1 is 1.32 bits per heavy atom. The quantitative estimate of drug-likeness (QED) is 0.883. The van der Waals surface area contributed by atoms with Crippen LogP contribution in [0, 0.1) is 11.7 Å². The predicted octanol–water partition coefficient (Wildman–Crippen LogP) is 3.65. The Hall–Kier alpha value is -1.44. The minimum absolute atomic E-state index is 0.0819. The van der Waals surface area contributed by atoms with Crippen molar-refractivity contribution in [1.29, 1.82) is 0 Å². The number of hydrogen-bond donors (Lipinski definition) is 1. The molecule has 7 heteroatoms. The van der Waals surface area contributed by atoms with Gasteiger partial charge in [0, 0.05) is 17.0 Å². The summed E-state index contributed by atoms with van der Waals surface area (Å²) in [6.45, 7) is 4.50. The Balaban J connectivity index is 1.41. The lowest BCUT2D eigenvalue weighted by Crippen LogP contribution is -2.62. The van der Waals surface area contributed by atoms with Crippen molar-refractivity contribution in [3.63, 3.8) is 0 Å². The number of amides is 1. The smallest absolute Gasteiger partial charge is 0.280 e. The molecule has 25 heavy (non-hydrogen) atoms. The molecule has 0 spiro atoms. The van der Waals surface area contributed by atoms with E-state index in [1.54, 1.807) is 18.3 Å². The number of carbonyl (C=O) groups excluding carboxylic acids is 1. The zero-order valence-electron chi connectivity index (χ0n) is 13.9. The van der Waals surface area contributed by atoms with Gasteiger partial charge in [0.25, 0.3) is 5.91 Å². The lowest BCUT2D eigenvalue weighted by atomic mass is 9.79. The number of thiazole rings is 1. The van der Waals surface area contributed by atoms with Crippen LogP contribution in [0.5, 0.6) is 0 Å². The predicted molar refractivity (Wildman–Crippen MR) is 97.7 cm³/mol. The van der Waals surface area contributed by atoms with Gasteiger partial charge in [-0.1, -0.05) is 11.8 Å². The second-order valence-electron chi connectivity index (χ2n) is 6.65. The molecule has 4 heterocycles. The molecule has 132 valence electrons. The molecule has 0 unspecified atom stereocenters. The molecule has 4 nitrogen and oxygen atoms in total. The second-order valence-corrected chi connectivity index (χ2v) is 9.06. The number of nitrogens with zero attached hydrogens (tertiary/aromatic N) is 2. The Labute approximate surface area is 154 Å². The Bertz CT molecular complexity index is 754. The summed E-state index contributed by atoms with van der Waals surface area (Å²) < 4.78 is 13.9. The number of aromatic nitrogens is 1. The van der Waals surface area contributed by atoms with E-state index in [-0.39, 0.29) is 17.8 Å². The molecule has 0 saturated carbocycles. The highest BCUT2D eigenvalue weighted by Crippen LogP contribution is 2.34. The highest BCUT2D eigenvalue weighted by Gasteiger charge is 2.40. The zero-order valence-corrected chi connectivity index (χ0v) is 15.6. The third-order valence-corrected chi connectivity index (χ3v) is 7.29. The van der Waals surface area contributed by atoms with Crippen LogP contribution in [-0.4, -0.2) is 41.0 Å². The van der Waals surface area contributed by atoms with E-state index < -0.39 is 0 Å². The number of nitrogens with one attached hydrogen (secondary N) is 1. The Morgan fingerprint density at radius 2 is 2.04 bits per heavy atom. The first-order valence-corrected chi connectivity index (χ1v) is 10.2. The van der Waals surface area contributed by atoms with Crippen molar-refractivity contribution in [3.8, 4) is 0 Å². The molecule has 1 N–H and O–H groups in total. The van der Waals surface area contributed by atoms with Gasteiger partial charge in [0.1, 0.15) is 5.82 Å². The fraction of sp³-hybridized carbons (Fsp3) is 0.444. The molecule has 3 fully saturated rings. The van der Waals surface area contributed by atoms with Gasteiger partial charge in [0.15, 0.2) is 5.01 Å². The highest BCUT2D eigenvalue weighted by molar-refractivity contribution is 8.01. The number of piperidine rings is 3. The van der Waals surface area contributed by atoms with Crippen molar-refractivity contribution in [2.45, 2.75) is 41.0 Å². The van der Waals surface area contributed by atoms with Crippen molar-refractivity contribution in [3.05, 3.63) is 41.3 Å². The van der Waals surface area contributed by atoms with Crippen LogP contribution in [0.4, 0.5) is 4.39 Å². The first kappa shape index (κ1) is 17.0. The van der Waals surface area contributed by atoms with Crippen LogP contribution in [0.2, 0.25) is 0 Å². The van der Waals surface area contributed by atoms with Gasteiger partial charge in [-0.3, -0.25) is 9.69 Å². The van der Waals surface area contributed by atoms with Crippen molar-refractivity contribution in [1.82, 2.24) is 15.2 Å². The third-order valence-electron chi connectivity index (χ3n) is 5.19. The largest absolute Gasteiger partial charge is 0.345 e. The molecule has 3 aliphatic rings. The van der Waals surface area contributed by atoms with Crippen molar-refractivity contribution in [2.24, 2.45) is 5.92 Å². The molecular formula is C18H20FN3OS2. The molecule has 1 amide bonds. The lowest BCUT2D eigenvalue weighted by Gasteiger charge is -2.49. The summed E-state index contributed by atoms with van der Waals surface area (Å²) in [6, 6.07) is 6.94. The molecule has 0 radical (unpaired) electrons. The second kappa shape index (κ2) is 7.05. The summed E-state index contributed by atoms with van der Waals surface area (Å²) in [7, 11) is 0. The van der Waals surface area contributed by atoms with Crippen molar-refractivity contribution < 1.29 is 9.18 Å². The van der Waals surface area contributed by atoms with Gasteiger partial charge < -0.3 is 5.32 Å². The molecule has 3 saturated heterocycles. The minimum Gasteiger partial charge on any atom is -0.345 e. The summed E-state index contributed by atoms with van der Waals surface area (Å²) in [5.74, 6) is 0.249. The maximum atomic E-state index is 13.0. The number of rotatable bonds is 4. The van der Waals surface area contributed by atoms with E-state index in [9.17, 15) is 9.18 Å². The van der Waals surface area contributed by atoms with E-state index in [0.29, 0.717) is 17.0 Å². The van der Waals surface area contributed by atoms with Crippen LogP contribution in [0.15, 0.2) is 39.6 Å². The van der Waals surface area contributed by atoms with Crippen LogP contribution in [0.25, 0.3) is 0 Å². The normalized spacial score (nSPS) is 28.1. The summed E-state index contributed by atoms with van der Waals surface area (Å²) >= 11 is 2.88. The number of fused-ring (bicyclic) bond motifs is 3. The molecule has 1 aromatic carbocycles. The van der Waals surface area contributed by atoms with Crippen LogP contribution in [0.3, 0.4) is 0 Å². The van der Waals surface area contributed by atoms with E-state index >= 15 is 0 Å². The number of hydrogen-bond acceptors (Lipinski definition) is 5. The van der Waals surface area contributed by atoms with Gasteiger partial charge in [0.05, 0.1) is 10.4 Å². The van der Waals surface area contributed by atoms with Gasteiger partial charge in [0.2, 0.25) is 0 Å². The van der Waals surface area contributed by atoms with Crippen LogP contribution < -0.4 is 5.32 Å². The lowest BCUT2D eigenvalue weighted by molar-refractivity contribution is 0.0217. The summed E-state index contributed by atoms with van der Waals surface area (Å²) in [5.41, 5.74) is 0. The molecule has 5 rings (SSSR count). The molecular weight excluding hydrogens is 357 g/mol. The summed E-state index contributed by atoms with van der Waals surface area (Å²) in [5, 5.41) is 3.70. The average molecular weight is 378 g/mol. The minimum atomic E-state index is -0.250. The first-order chi connectivity index (χ1) is 12.1. The monoisotopic (exact) mass is 377 g/mol. The van der Waals surface area contributed by atoms with E-state index in [1.807, 2.05) is 0 Å². The Morgan fingerprint density at radius 3 is 2.72 bits per heavy atom. The topological polar surface area (TPSA) is 45.2 Å². The Kier molecular flexibility index (Phi) is 4.80. The van der Waals surface area contributed by atoms with Gasteiger partial charge in [-0.05, 0) is 63.0 Å². The molecule has 1 aromatic heterocycles. The van der Waals surface area contributed by atoms with E-state index in [4.69, 9.17) is 0 Å². The van der Waals surface area contributed by atoms with E-state index in [0.717, 1.165) is 22.2 Å². The standard InChI is InChI=1S/C18H20FN3OS2/c1-11-16(12-6-8-22(11)9-7-12)21-17(23)18-20-10-15(25-18)24-14-4-2-13(19)3-5-14/h2-5,10-12,16H,6-9H2,1H3,(H,21,23)/t11-,16-/m0/s1. The summed E-state index contributed by atoms with van der Waals surface area (Å²) in [4.78, 5) is 20.3. The number of carbonyl (C=O) groups is 1. The van der Waals surface area contributed by atoms with Gasteiger partial charge in [-0.15, -0.1) is 11.3 Å². The molecule has 2 atom stereocenters.